The van der Waals surface area contributed by atoms with E-state index in [1.807, 2.05) is 0 Å². The molecule has 2 rings (SSSR count). The molecule has 0 saturated heterocycles. The number of nitrogen functional groups attached to an aromatic ring is 1. The number of rotatable bonds is 4. The minimum absolute atomic E-state index is 0.0753. The number of nitrogens with zero attached hydrogens (tertiary/aromatic N) is 3. The number of nitro benzene ring substituents is 1. The summed E-state index contributed by atoms with van der Waals surface area (Å²) in [4.78, 5) is 18.4. The number of amidine groups is 1. The van der Waals surface area contributed by atoms with E-state index < -0.39 is 4.92 Å². The zero-order chi connectivity index (χ0) is 15.6. The Morgan fingerprint density at radius 2 is 2.14 bits per heavy atom. The molecule has 0 spiro atoms. The molecular weight excluding hydrogens is 274 g/mol. The fraction of sp³-hybridized carbons (Fsp3) is 0.154. The molecule has 0 bridgehead atoms. The van der Waals surface area contributed by atoms with Crippen molar-refractivity contribution < 1.29 is 9.66 Å². The zero-order valence-corrected chi connectivity index (χ0v) is 11.5. The van der Waals surface area contributed by atoms with E-state index in [0.717, 1.165) is 5.56 Å². The quantitative estimate of drug-likeness (QED) is 0.383. The van der Waals surface area contributed by atoms with Gasteiger partial charge in [-0.15, -0.1) is 0 Å². The van der Waals surface area contributed by atoms with Crippen molar-refractivity contribution in [2.24, 2.45) is 5.73 Å². The van der Waals surface area contributed by atoms with E-state index in [0.29, 0.717) is 5.56 Å². The van der Waals surface area contributed by atoms with Crippen LogP contribution in [0.3, 0.4) is 0 Å². The summed E-state index contributed by atoms with van der Waals surface area (Å²) in [5.41, 5.74) is 6.71. The maximum atomic E-state index is 11.1. The van der Waals surface area contributed by atoms with Gasteiger partial charge in [0.1, 0.15) is 11.5 Å². The van der Waals surface area contributed by atoms with Crippen molar-refractivity contribution in [3.63, 3.8) is 0 Å². The molecule has 108 valence electrons. The highest BCUT2D eigenvalue weighted by atomic mass is 16.6. The molecule has 3 N–H and O–H groups in total. The molecule has 21 heavy (non-hydrogen) atoms. The molecule has 0 aliphatic heterocycles. The molecule has 0 aliphatic rings. The topological polar surface area (TPSA) is 128 Å². The fourth-order valence-corrected chi connectivity index (χ4v) is 1.83. The normalized spacial score (nSPS) is 10.2. The molecule has 2 aromatic rings. The Hall–Kier alpha value is -3.03. The minimum Gasteiger partial charge on any atom is -0.417 e. The molecule has 0 radical (unpaired) electrons. The predicted molar refractivity (Wildman–Crippen MR) is 75.7 cm³/mol. The van der Waals surface area contributed by atoms with E-state index in [4.69, 9.17) is 15.9 Å². The third kappa shape index (κ3) is 3.11. The van der Waals surface area contributed by atoms with Crippen LogP contribution >= 0.6 is 0 Å². The largest absolute Gasteiger partial charge is 0.417 e. The van der Waals surface area contributed by atoms with E-state index in [1.54, 1.807) is 19.9 Å². The highest BCUT2D eigenvalue weighted by Gasteiger charge is 2.20. The Kier molecular flexibility index (Phi) is 3.79. The van der Waals surface area contributed by atoms with Crippen LogP contribution in [-0.2, 0) is 0 Å². The lowest BCUT2D eigenvalue weighted by molar-refractivity contribution is -0.385. The van der Waals surface area contributed by atoms with Crippen LogP contribution in [0.25, 0.3) is 0 Å². The number of hydrogen-bond donors (Lipinski definition) is 2. The summed E-state index contributed by atoms with van der Waals surface area (Å²) in [7, 11) is 0. The number of hydrogen-bond acceptors (Lipinski definition) is 6. The van der Waals surface area contributed by atoms with Gasteiger partial charge in [0.25, 0.3) is 0 Å². The van der Waals surface area contributed by atoms with Crippen LogP contribution < -0.4 is 10.5 Å². The van der Waals surface area contributed by atoms with Gasteiger partial charge >= 0.3 is 11.7 Å². The third-order valence-electron chi connectivity index (χ3n) is 2.70. The molecule has 1 aromatic heterocycles. The number of ether oxygens (including phenoxy) is 1. The van der Waals surface area contributed by atoms with Gasteiger partial charge < -0.3 is 10.5 Å². The minimum atomic E-state index is -0.524. The van der Waals surface area contributed by atoms with Crippen LogP contribution in [0.4, 0.5) is 5.69 Å². The van der Waals surface area contributed by atoms with Crippen molar-refractivity contribution in [2.75, 3.05) is 0 Å². The van der Waals surface area contributed by atoms with E-state index >= 15 is 0 Å². The van der Waals surface area contributed by atoms with Gasteiger partial charge in [-0.1, -0.05) is 6.07 Å². The highest BCUT2D eigenvalue weighted by molar-refractivity contribution is 5.92. The van der Waals surface area contributed by atoms with Gasteiger partial charge in [-0.3, -0.25) is 15.5 Å². The zero-order valence-electron chi connectivity index (χ0n) is 11.5. The number of aromatic nitrogens is 2. The summed E-state index contributed by atoms with van der Waals surface area (Å²) < 4.78 is 5.43. The molecule has 0 aliphatic carbocycles. The Bertz CT molecular complexity index is 730. The number of nitrogens with two attached hydrogens (primary N) is 1. The first-order valence-corrected chi connectivity index (χ1v) is 5.99. The highest BCUT2D eigenvalue weighted by Crippen LogP contribution is 2.34. The van der Waals surface area contributed by atoms with E-state index in [1.165, 1.54) is 18.3 Å². The van der Waals surface area contributed by atoms with Crippen LogP contribution in [0, 0.1) is 29.4 Å². The second kappa shape index (κ2) is 5.53. The number of aryl methyl sites for hydroxylation is 2. The average molecular weight is 287 g/mol. The molecule has 1 aromatic carbocycles. The molecule has 8 nitrogen and oxygen atoms in total. The average Bonchev–Trinajstić information content (AvgIpc) is 2.41. The fourth-order valence-electron chi connectivity index (χ4n) is 1.83. The SMILES string of the molecule is Cc1cc(C)c(Oc2nccc(C(=N)N)n2)c([N+](=O)[O-])c1. The van der Waals surface area contributed by atoms with Crippen LogP contribution in [-0.4, -0.2) is 20.7 Å². The van der Waals surface area contributed by atoms with Crippen LogP contribution in [0.2, 0.25) is 0 Å². The summed E-state index contributed by atoms with van der Waals surface area (Å²) in [6.45, 7) is 3.46. The first-order chi connectivity index (χ1) is 9.88. The van der Waals surface area contributed by atoms with Gasteiger partial charge in [-0.05, 0) is 31.0 Å². The van der Waals surface area contributed by atoms with Gasteiger partial charge in [-0.2, -0.15) is 4.98 Å². The van der Waals surface area contributed by atoms with Gasteiger partial charge in [0, 0.05) is 12.3 Å². The Labute approximate surface area is 120 Å². The van der Waals surface area contributed by atoms with Crippen LogP contribution in [0.1, 0.15) is 16.8 Å². The summed E-state index contributed by atoms with van der Waals surface area (Å²) in [6.07, 6.45) is 1.37. The molecule has 1 heterocycles. The van der Waals surface area contributed by atoms with Gasteiger partial charge in [-0.25, -0.2) is 4.98 Å². The van der Waals surface area contributed by atoms with Crippen molar-refractivity contribution in [1.29, 1.82) is 5.41 Å². The lowest BCUT2D eigenvalue weighted by Gasteiger charge is -2.09. The molecule has 0 atom stereocenters. The molecule has 0 saturated carbocycles. The van der Waals surface area contributed by atoms with Crippen LogP contribution in [0.15, 0.2) is 24.4 Å². The van der Waals surface area contributed by atoms with E-state index in [2.05, 4.69) is 9.97 Å². The predicted octanol–water partition coefficient (Wildman–Crippen LogP) is 2.08. The molecule has 0 fully saturated rings. The molecule has 0 unspecified atom stereocenters. The lowest BCUT2D eigenvalue weighted by Crippen LogP contribution is -2.13. The summed E-state index contributed by atoms with van der Waals surface area (Å²) in [6, 6.07) is 4.53. The van der Waals surface area contributed by atoms with Gasteiger partial charge in [0.15, 0.2) is 0 Å². The molecule has 0 amide bonds. The van der Waals surface area contributed by atoms with E-state index in [-0.39, 0.29) is 29.0 Å². The van der Waals surface area contributed by atoms with Gasteiger partial charge in [0.05, 0.1) is 4.92 Å². The van der Waals surface area contributed by atoms with E-state index in [9.17, 15) is 10.1 Å². The van der Waals surface area contributed by atoms with Crippen molar-refractivity contribution in [2.45, 2.75) is 13.8 Å². The van der Waals surface area contributed by atoms with Crippen molar-refractivity contribution in [3.05, 3.63) is 51.3 Å². The van der Waals surface area contributed by atoms with Crippen molar-refractivity contribution >= 4 is 11.5 Å². The lowest BCUT2D eigenvalue weighted by atomic mass is 10.1. The summed E-state index contributed by atoms with van der Waals surface area (Å²) in [5.74, 6) is -0.163. The Balaban J connectivity index is 2.46. The Morgan fingerprint density at radius 3 is 2.76 bits per heavy atom. The smallest absolute Gasteiger partial charge is 0.322 e. The number of benzene rings is 1. The van der Waals surface area contributed by atoms with Gasteiger partial charge in [0.2, 0.25) is 5.75 Å². The summed E-state index contributed by atoms with van der Waals surface area (Å²) >= 11 is 0. The van der Waals surface area contributed by atoms with Crippen molar-refractivity contribution in [3.8, 4) is 11.8 Å². The maximum Gasteiger partial charge on any atom is 0.322 e. The van der Waals surface area contributed by atoms with Crippen LogP contribution in [0.5, 0.6) is 11.8 Å². The second-order valence-corrected chi connectivity index (χ2v) is 4.43. The monoisotopic (exact) mass is 287 g/mol. The second-order valence-electron chi connectivity index (χ2n) is 4.43. The maximum absolute atomic E-state index is 11.1. The molecule has 8 heteroatoms. The first-order valence-electron chi connectivity index (χ1n) is 5.99. The number of nitrogens with one attached hydrogen (secondary N) is 1. The standard InChI is InChI=1S/C13H13N5O3/c1-7-5-8(2)11(10(6-7)18(19)20)21-13-16-4-3-9(17-13)12(14)15/h3-6H,1-2H3,(H3,14,15). The number of nitro groups is 1. The third-order valence-corrected chi connectivity index (χ3v) is 2.70. The Morgan fingerprint density at radius 1 is 1.43 bits per heavy atom. The first kappa shape index (κ1) is 14.4. The van der Waals surface area contributed by atoms with Crippen molar-refractivity contribution in [1.82, 2.24) is 9.97 Å². The molecular formula is C13H13N5O3. The summed E-state index contributed by atoms with van der Waals surface area (Å²) in [5, 5.41) is 18.4.